The predicted molar refractivity (Wildman–Crippen MR) is 130 cm³/mol. The number of sulfone groups is 1. The van der Waals surface area contributed by atoms with Crippen LogP contribution in [0.25, 0.3) is 16.8 Å². The first kappa shape index (κ1) is 23.5. The summed E-state index contributed by atoms with van der Waals surface area (Å²) in [6.07, 6.45) is 6.97. The monoisotopic (exact) mass is 545 g/mol. The zero-order valence-electron chi connectivity index (χ0n) is 19.2. The number of aryl methyl sites for hydroxylation is 1. The maximum atomic E-state index is 12.5. The molecule has 2 aromatic heterocycles. The van der Waals surface area contributed by atoms with Crippen molar-refractivity contribution in [1.29, 1.82) is 0 Å². The summed E-state index contributed by atoms with van der Waals surface area (Å²) < 4.78 is 32.6. The van der Waals surface area contributed by atoms with Gasteiger partial charge in [0.2, 0.25) is 0 Å². The minimum absolute atomic E-state index is 0.0612. The van der Waals surface area contributed by atoms with Gasteiger partial charge in [-0.15, -0.1) is 0 Å². The van der Waals surface area contributed by atoms with Crippen LogP contribution in [0.15, 0.2) is 29.6 Å². The molecule has 0 spiro atoms. The van der Waals surface area contributed by atoms with Gasteiger partial charge in [-0.05, 0) is 0 Å². The van der Waals surface area contributed by atoms with Crippen LogP contribution in [0.5, 0.6) is 0 Å². The van der Waals surface area contributed by atoms with E-state index in [0.29, 0.717) is 27.8 Å². The Morgan fingerprint density at radius 2 is 1.97 bits per heavy atom. The van der Waals surface area contributed by atoms with Crippen molar-refractivity contribution in [3.63, 3.8) is 0 Å². The molecule has 34 heavy (non-hydrogen) atoms. The summed E-state index contributed by atoms with van der Waals surface area (Å²) in [5.41, 5.74) is 3.53. The first-order chi connectivity index (χ1) is 16.3. The molecule has 11 heteroatoms. The molecule has 1 atom stereocenters. The normalized spacial score (nSPS) is 17.6. The van der Waals surface area contributed by atoms with Gasteiger partial charge in [0.05, 0.1) is 0 Å². The van der Waals surface area contributed by atoms with Crippen LogP contribution < -0.4 is 9.93 Å². The number of rotatable bonds is 7. The average molecular weight is 545 g/mol. The van der Waals surface area contributed by atoms with Crippen LogP contribution in [0.4, 0.5) is 0 Å². The van der Waals surface area contributed by atoms with E-state index in [-0.39, 0.29) is 11.1 Å². The van der Waals surface area contributed by atoms with Gasteiger partial charge >= 0.3 is 206 Å². The Balaban J connectivity index is 1.50. The van der Waals surface area contributed by atoms with Crippen LogP contribution in [-0.2, 0) is 14.6 Å². The van der Waals surface area contributed by atoms with Gasteiger partial charge in [-0.25, -0.2) is 0 Å². The molecule has 1 saturated heterocycles. The van der Waals surface area contributed by atoms with Crippen LogP contribution in [0.3, 0.4) is 0 Å². The van der Waals surface area contributed by atoms with Gasteiger partial charge in [0.25, 0.3) is 0 Å². The van der Waals surface area contributed by atoms with Crippen molar-refractivity contribution in [1.82, 2.24) is 24.9 Å². The Bertz CT molecular complexity index is 1350. The summed E-state index contributed by atoms with van der Waals surface area (Å²) in [4.78, 5) is 21.3. The van der Waals surface area contributed by atoms with Gasteiger partial charge in [-0.2, -0.15) is 0 Å². The molecule has 1 aliphatic heterocycles. The number of ether oxygens (including phenoxy) is 1. The van der Waals surface area contributed by atoms with Crippen molar-refractivity contribution in [2.45, 2.75) is 49.0 Å². The number of carbonyl (C=O) groups is 1. The van der Waals surface area contributed by atoms with Gasteiger partial charge in [-0.1, -0.05) is 0 Å². The Morgan fingerprint density at radius 1 is 1.21 bits per heavy atom. The second-order valence-electron chi connectivity index (χ2n) is 9.11. The number of aromatic nitrogens is 4. The van der Waals surface area contributed by atoms with E-state index in [1.807, 2.05) is 25.1 Å². The third-order valence-electron chi connectivity index (χ3n) is 6.26. The van der Waals surface area contributed by atoms with Crippen LogP contribution in [0, 0.1) is 12.8 Å². The van der Waals surface area contributed by atoms with E-state index in [1.54, 1.807) is 10.7 Å². The quantitative estimate of drug-likeness (QED) is 0.445. The second kappa shape index (κ2) is 9.40. The van der Waals surface area contributed by atoms with Gasteiger partial charge in [-0.3, -0.25) is 0 Å². The van der Waals surface area contributed by atoms with Gasteiger partial charge in [0.1, 0.15) is 0 Å². The topological polar surface area (TPSA) is 116 Å². The van der Waals surface area contributed by atoms with Crippen molar-refractivity contribution >= 4 is 41.8 Å². The van der Waals surface area contributed by atoms with Gasteiger partial charge in [0, 0.05) is 0 Å². The third-order valence-corrected chi connectivity index (χ3v) is 10.1. The maximum absolute atomic E-state index is 12.5. The zero-order chi connectivity index (χ0) is 23.9. The molecule has 1 amide bonds. The van der Waals surface area contributed by atoms with E-state index in [2.05, 4.69) is 20.4 Å². The number of amides is 1. The molecule has 2 aliphatic rings. The van der Waals surface area contributed by atoms with Crippen molar-refractivity contribution in [2.24, 2.45) is 5.92 Å². The number of hydrogen-bond donors (Lipinski definition) is 1. The molecule has 0 radical (unpaired) electrons. The molecular formula is C23H28AsN5O4S. The minimum atomic E-state index is -3.58. The average Bonchev–Trinajstić information content (AvgIpc) is 3.51. The summed E-state index contributed by atoms with van der Waals surface area (Å²) in [6, 6.07) is 5.90. The molecular weight excluding hydrogens is 517 g/mol. The number of benzene rings is 1. The van der Waals surface area contributed by atoms with E-state index >= 15 is 0 Å². The molecule has 1 aliphatic carbocycles. The Kier molecular flexibility index (Phi) is 6.48. The SMILES string of the molecule is Cc1cc(-c2cnn3c([AsH]CC4CCOCC4)nc(S(C)(=O)=O)nc23)ccc1C(=O)NC1CC1. The molecule has 1 N–H and O–H groups in total. The third kappa shape index (κ3) is 5.04. The molecule has 180 valence electrons. The van der Waals surface area contributed by atoms with E-state index in [9.17, 15) is 13.2 Å². The summed E-state index contributed by atoms with van der Waals surface area (Å²) in [6.45, 7) is 3.47. The fourth-order valence-electron chi connectivity index (χ4n) is 4.10. The predicted octanol–water partition coefficient (Wildman–Crippen LogP) is 1.30. The first-order valence-corrected chi connectivity index (χ1v) is 15.9. The number of nitrogens with one attached hydrogen (secondary N) is 1. The van der Waals surface area contributed by atoms with Crippen LogP contribution in [0.2, 0.25) is 5.21 Å². The van der Waals surface area contributed by atoms with Crippen molar-refractivity contribution in [3.8, 4) is 11.1 Å². The van der Waals surface area contributed by atoms with Crippen molar-refractivity contribution in [3.05, 3.63) is 35.5 Å². The van der Waals surface area contributed by atoms with E-state index in [0.717, 1.165) is 67.1 Å². The summed E-state index contributed by atoms with van der Waals surface area (Å²) in [7, 11) is -3.58. The van der Waals surface area contributed by atoms with E-state index in [1.165, 1.54) is 0 Å². The molecule has 1 saturated carbocycles. The summed E-state index contributed by atoms with van der Waals surface area (Å²) in [5, 5.41) is 8.41. The molecule has 3 heterocycles. The number of nitrogens with zero attached hydrogens (tertiary/aromatic N) is 4. The molecule has 1 aromatic carbocycles. The number of carbonyl (C=O) groups excluding carboxylic acids is 1. The first-order valence-electron chi connectivity index (χ1n) is 11.5. The Morgan fingerprint density at radius 3 is 2.65 bits per heavy atom. The van der Waals surface area contributed by atoms with Crippen LogP contribution in [-0.4, -0.2) is 75.2 Å². The standard InChI is InChI=1S/C23H28AsN5O4S/c1-14-11-16(3-6-18(14)21(30)26-17-4-5-17)19-13-25-29-20(19)27-23(34(2,31)32)28-22(29)24-12-15-7-9-33-10-8-15/h3,6,11,13,15,17,24H,4-5,7-10,12H2,1-2H3,(H,26,30). The Hall–Kier alpha value is -2.29. The van der Waals surface area contributed by atoms with Crippen LogP contribution in [0.1, 0.15) is 41.6 Å². The molecule has 2 fully saturated rings. The second-order valence-corrected chi connectivity index (χ2v) is 13.6. The van der Waals surface area contributed by atoms with Crippen molar-refractivity contribution < 1.29 is 17.9 Å². The molecule has 1 unspecified atom stereocenters. The van der Waals surface area contributed by atoms with Crippen LogP contribution >= 0.6 is 0 Å². The van der Waals surface area contributed by atoms with Gasteiger partial charge in [0.15, 0.2) is 0 Å². The fraction of sp³-hybridized carbons (Fsp3) is 0.478. The molecule has 9 nitrogen and oxygen atoms in total. The fourth-order valence-corrected chi connectivity index (χ4v) is 7.67. The number of hydrogen-bond acceptors (Lipinski definition) is 7. The van der Waals surface area contributed by atoms with Gasteiger partial charge < -0.3 is 0 Å². The zero-order valence-corrected chi connectivity index (χ0v) is 22.2. The van der Waals surface area contributed by atoms with E-state index in [4.69, 9.17) is 4.74 Å². The Labute approximate surface area is 205 Å². The van der Waals surface area contributed by atoms with Crippen molar-refractivity contribution in [2.75, 3.05) is 19.5 Å². The summed E-state index contributed by atoms with van der Waals surface area (Å²) in [5.74, 6) is 0.515. The number of fused-ring (bicyclic) bond motifs is 1. The molecule has 3 aromatic rings. The molecule has 0 bridgehead atoms. The summed E-state index contributed by atoms with van der Waals surface area (Å²) >= 11 is -0.730. The van der Waals surface area contributed by atoms with E-state index < -0.39 is 25.6 Å². The molecule has 5 rings (SSSR count).